The molecule has 1 saturated carbocycles. The predicted octanol–water partition coefficient (Wildman–Crippen LogP) is 3.23. The van der Waals surface area contributed by atoms with Gasteiger partial charge >= 0.3 is 0 Å². The van der Waals surface area contributed by atoms with Gasteiger partial charge in [0.05, 0.1) is 0 Å². The second-order valence-corrected chi connectivity index (χ2v) is 5.47. The number of nitrogens with two attached hydrogens (primary N) is 1. The number of rotatable bonds is 3. The van der Waals surface area contributed by atoms with E-state index in [1.165, 1.54) is 44.1 Å². The van der Waals surface area contributed by atoms with Crippen LogP contribution in [0.3, 0.4) is 0 Å². The van der Waals surface area contributed by atoms with Gasteiger partial charge in [-0.2, -0.15) is 0 Å². The monoisotopic (exact) mass is 233 g/mol. The van der Waals surface area contributed by atoms with Crippen LogP contribution in [0, 0.1) is 5.41 Å². The molecule has 1 aliphatic rings. The Morgan fingerprint density at radius 3 is 2.41 bits per heavy atom. The van der Waals surface area contributed by atoms with Crippen molar-refractivity contribution >= 4 is 0 Å². The highest BCUT2D eigenvalue weighted by Crippen LogP contribution is 2.37. The summed E-state index contributed by atoms with van der Waals surface area (Å²) in [6.45, 7) is 0.767. The van der Waals surface area contributed by atoms with Crippen LogP contribution in [0.5, 0.6) is 5.75 Å². The van der Waals surface area contributed by atoms with E-state index in [1.807, 2.05) is 12.1 Å². The fourth-order valence-corrected chi connectivity index (χ4v) is 3.03. The lowest BCUT2D eigenvalue weighted by Gasteiger charge is -2.31. The van der Waals surface area contributed by atoms with Crippen LogP contribution in [-0.4, -0.2) is 11.7 Å². The third kappa shape index (κ3) is 3.22. The normalized spacial score (nSPS) is 19.8. The molecule has 2 heteroatoms. The van der Waals surface area contributed by atoms with Gasteiger partial charge in [0.15, 0.2) is 0 Å². The Labute approximate surface area is 104 Å². The molecule has 0 aromatic heterocycles. The van der Waals surface area contributed by atoms with E-state index < -0.39 is 0 Å². The molecule has 0 spiro atoms. The third-order valence-electron chi connectivity index (χ3n) is 4.09. The van der Waals surface area contributed by atoms with Gasteiger partial charge in [-0.05, 0) is 48.9 Å². The lowest BCUT2D eigenvalue weighted by molar-refractivity contribution is 0.252. The summed E-state index contributed by atoms with van der Waals surface area (Å²) in [6.07, 6.45) is 8.78. The highest BCUT2D eigenvalue weighted by molar-refractivity contribution is 5.28. The lowest BCUT2D eigenvalue weighted by Crippen LogP contribution is -2.32. The summed E-state index contributed by atoms with van der Waals surface area (Å²) in [4.78, 5) is 0. The van der Waals surface area contributed by atoms with Crippen LogP contribution in [0.15, 0.2) is 24.3 Å². The Kier molecular flexibility index (Phi) is 4.06. The zero-order valence-electron chi connectivity index (χ0n) is 10.5. The van der Waals surface area contributed by atoms with Gasteiger partial charge in [0.1, 0.15) is 5.75 Å². The molecule has 0 bridgehead atoms. The van der Waals surface area contributed by atoms with Gasteiger partial charge in [-0.3, -0.25) is 0 Å². The Morgan fingerprint density at radius 2 is 1.82 bits per heavy atom. The number of phenols is 1. The maximum absolute atomic E-state index is 9.52. The van der Waals surface area contributed by atoms with E-state index >= 15 is 0 Å². The molecule has 0 unspecified atom stereocenters. The summed E-state index contributed by atoms with van der Waals surface area (Å²) in [5.41, 5.74) is 7.52. The Bertz CT molecular complexity index is 354. The van der Waals surface area contributed by atoms with Gasteiger partial charge in [0, 0.05) is 0 Å². The summed E-state index contributed by atoms with van der Waals surface area (Å²) in [6, 6.07) is 7.63. The van der Waals surface area contributed by atoms with Crippen molar-refractivity contribution in [3.8, 4) is 5.75 Å². The summed E-state index contributed by atoms with van der Waals surface area (Å²) < 4.78 is 0. The van der Waals surface area contributed by atoms with E-state index in [1.54, 1.807) is 6.07 Å². The van der Waals surface area contributed by atoms with Gasteiger partial charge < -0.3 is 10.8 Å². The molecular formula is C15H23NO. The van der Waals surface area contributed by atoms with E-state index in [2.05, 4.69) is 6.07 Å². The van der Waals surface area contributed by atoms with Gasteiger partial charge in [0.2, 0.25) is 0 Å². The molecule has 0 amide bonds. The van der Waals surface area contributed by atoms with Crippen LogP contribution in [0.2, 0.25) is 0 Å². The molecular weight excluding hydrogens is 210 g/mol. The number of aromatic hydroxyl groups is 1. The first kappa shape index (κ1) is 12.4. The smallest absolute Gasteiger partial charge is 0.115 e. The van der Waals surface area contributed by atoms with E-state index in [4.69, 9.17) is 5.73 Å². The van der Waals surface area contributed by atoms with Crippen LogP contribution < -0.4 is 5.73 Å². The quantitative estimate of drug-likeness (QED) is 0.787. The van der Waals surface area contributed by atoms with Crippen molar-refractivity contribution in [1.29, 1.82) is 0 Å². The molecule has 0 saturated heterocycles. The maximum Gasteiger partial charge on any atom is 0.115 e. The van der Waals surface area contributed by atoms with Gasteiger partial charge in [-0.25, -0.2) is 0 Å². The summed E-state index contributed by atoms with van der Waals surface area (Å²) in [5.74, 6) is 0.364. The number of benzene rings is 1. The highest BCUT2D eigenvalue weighted by atomic mass is 16.3. The molecule has 2 nitrogen and oxygen atoms in total. The summed E-state index contributed by atoms with van der Waals surface area (Å²) in [5, 5.41) is 9.52. The number of hydrogen-bond acceptors (Lipinski definition) is 2. The van der Waals surface area contributed by atoms with Gasteiger partial charge in [-0.1, -0.05) is 37.8 Å². The molecule has 17 heavy (non-hydrogen) atoms. The van der Waals surface area contributed by atoms with Crippen molar-refractivity contribution in [2.45, 2.75) is 44.9 Å². The van der Waals surface area contributed by atoms with Gasteiger partial charge in [-0.15, -0.1) is 0 Å². The summed E-state index contributed by atoms with van der Waals surface area (Å²) >= 11 is 0. The maximum atomic E-state index is 9.52. The molecule has 94 valence electrons. The molecule has 2 rings (SSSR count). The molecule has 0 atom stereocenters. The molecule has 1 fully saturated rings. The first-order valence-electron chi connectivity index (χ1n) is 6.72. The third-order valence-corrected chi connectivity index (χ3v) is 4.09. The molecule has 0 radical (unpaired) electrons. The minimum Gasteiger partial charge on any atom is -0.508 e. The Balaban J connectivity index is 2.12. The van der Waals surface area contributed by atoms with Crippen molar-refractivity contribution in [3.05, 3.63) is 29.8 Å². The van der Waals surface area contributed by atoms with Crippen LogP contribution in [0.1, 0.15) is 44.1 Å². The first-order chi connectivity index (χ1) is 8.24. The minimum atomic E-state index is 0.268. The Hall–Kier alpha value is -1.02. The number of hydrogen-bond donors (Lipinski definition) is 2. The fourth-order valence-electron chi connectivity index (χ4n) is 3.03. The van der Waals surface area contributed by atoms with Crippen LogP contribution >= 0.6 is 0 Å². The number of phenolic OH excluding ortho intramolecular Hbond substituents is 1. The fraction of sp³-hybridized carbons (Fsp3) is 0.600. The standard InChI is InChI=1S/C15H23NO/c16-12-15(8-3-1-2-4-9-15)11-13-6-5-7-14(17)10-13/h5-7,10,17H,1-4,8-9,11-12,16H2. The Morgan fingerprint density at radius 1 is 1.12 bits per heavy atom. The molecule has 0 heterocycles. The van der Waals surface area contributed by atoms with Crippen LogP contribution in [0.4, 0.5) is 0 Å². The van der Waals surface area contributed by atoms with E-state index in [9.17, 15) is 5.11 Å². The molecule has 1 aromatic rings. The van der Waals surface area contributed by atoms with Crippen molar-refractivity contribution in [3.63, 3.8) is 0 Å². The zero-order valence-corrected chi connectivity index (χ0v) is 10.5. The average molecular weight is 233 g/mol. The molecule has 1 aliphatic carbocycles. The van der Waals surface area contributed by atoms with Crippen molar-refractivity contribution < 1.29 is 5.11 Å². The van der Waals surface area contributed by atoms with Gasteiger partial charge in [0.25, 0.3) is 0 Å². The second kappa shape index (κ2) is 5.54. The first-order valence-corrected chi connectivity index (χ1v) is 6.72. The molecule has 3 N–H and O–H groups in total. The van der Waals surface area contributed by atoms with Crippen molar-refractivity contribution in [2.24, 2.45) is 11.1 Å². The molecule has 0 aliphatic heterocycles. The van der Waals surface area contributed by atoms with Crippen molar-refractivity contribution in [2.75, 3.05) is 6.54 Å². The SMILES string of the molecule is NCC1(Cc2cccc(O)c2)CCCCCC1. The van der Waals surface area contributed by atoms with E-state index in [0.717, 1.165) is 13.0 Å². The minimum absolute atomic E-state index is 0.268. The van der Waals surface area contributed by atoms with Crippen LogP contribution in [-0.2, 0) is 6.42 Å². The largest absolute Gasteiger partial charge is 0.508 e. The highest BCUT2D eigenvalue weighted by Gasteiger charge is 2.29. The summed E-state index contributed by atoms with van der Waals surface area (Å²) in [7, 11) is 0. The zero-order chi connectivity index (χ0) is 12.1. The van der Waals surface area contributed by atoms with Crippen LogP contribution in [0.25, 0.3) is 0 Å². The topological polar surface area (TPSA) is 46.2 Å². The molecule has 1 aromatic carbocycles. The van der Waals surface area contributed by atoms with E-state index in [-0.39, 0.29) is 5.41 Å². The average Bonchev–Trinajstić information content (AvgIpc) is 2.55. The lowest BCUT2D eigenvalue weighted by atomic mass is 9.75. The second-order valence-electron chi connectivity index (χ2n) is 5.47. The van der Waals surface area contributed by atoms with Crippen molar-refractivity contribution in [1.82, 2.24) is 0 Å². The predicted molar refractivity (Wildman–Crippen MR) is 71.0 cm³/mol. The van der Waals surface area contributed by atoms with E-state index in [0.29, 0.717) is 5.75 Å².